The second-order valence-electron chi connectivity index (χ2n) is 5.74. The first-order valence-electron chi connectivity index (χ1n) is 7.50. The van der Waals surface area contributed by atoms with Crippen molar-refractivity contribution < 1.29 is 4.79 Å². The van der Waals surface area contributed by atoms with E-state index in [1.807, 2.05) is 56.5 Å². The van der Waals surface area contributed by atoms with Crippen molar-refractivity contribution in [2.75, 3.05) is 0 Å². The smallest absolute Gasteiger partial charge is 0.225 e. The zero-order valence-corrected chi connectivity index (χ0v) is 14.1. The Labute approximate surface area is 135 Å². The number of thiazole rings is 1. The third-order valence-corrected chi connectivity index (χ3v) is 5.18. The summed E-state index contributed by atoms with van der Waals surface area (Å²) in [4.78, 5) is 17.0. The van der Waals surface area contributed by atoms with Crippen LogP contribution in [0.15, 0.2) is 41.9 Å². The van der Waals surface area contributed by atoms with E-state index in [2.05, 4.69) is 10.3 Å². The Balaban J connectivity index is 2.11. The summed E-state index contributed by atoms with van der Waals surface area (Å²) in [6.07, 6.45) is 2.54. The van der Waals surface area contributed by atoms with Gasteiger partial charge < -0.3 is 11.1 Å². The van der Waals surface area contributed by atoms with E-state index in [9.17, 15) is 4.79 Å². The molecule has 22 heavy (non-hydrogen) atoms. The number of rotatable bonds is 6. The highest BCUT2D eigenvalue weighted by Crippen LogP contribution is 2.28. The van der Waals surface area contributed by atoms with E-state index in [-0.39, 0.29) is 17.9 Å². The van der Waals surface area contributed by atoms with Crippen LogP contribution in [0.4, 0.5) is 0 Å². The summed E-state index contributed by atoms with van der Waals surface area (Å²) < 4.78 is 0. The van der Waals surface area contributed by atoms with E-state index >= 15 is 0 Å². The normalized spacial score (nSPS) is 16.5. The van der Waals surface area contributed by atoms with Gasteiger partial charge in [0.2, 0.25) is 5.91 Å². The summed E-state index contributed by atoms with van der Waals surface area (Å²) in [5.41, 5.74) is 6.77. The van der Waals surface area contributed by atoms with Crippen LogP contribution in [0.1, 0.15) is 43.8 Å². The Morgan fingerprint density at radius 3 is 2.64 bits per heavy atom. The molecule has 2 rings (SSSR count). The fraction of sp³-hybridized carbons (Fsp3) is 0.412. The zero-order valence-electron chi connectivity index (χ0n) is 13.2. The minimum atomic E-state index is -0.448. The fourth-order valence-corrected chi connectivity index (χ4v) is 3.13. The molecule has 0 spiro atoms. The number of carbonyl (C=O) groups excluding carboxylic acids is 1. The number of amides is 1. The molecule has 0 saturated carbocycles. The van der Waals surface area contributed by atoms with Gasteiger partial charge in [0, 0.05) is 17.6 Å². The SMILES string of the molecule is CCC(C)(NC(=O)C(C)C(N)c1ccccc1)c1nccs1. The highest BCUT2D eigenvalue weighted by molar-refractivity contribution is 7.09. The number of hydrogen-bond acceptors (Lipinski definition) is 4. The van der Waals surface area contributed by atoms with Gasteiger partial charge in [-0.15, -0.1) is 11.3 Å². The van der Waals surface area contributed by atoms with Gasteiger partial charge in [-0.25, -0.2) is 4.98 Å². The largest absolute Gasteiger partial charge is 0.344 e. The third-order valence-electron chi connectivity index (χ3n) is 4.15. The minimum Gasteiger partial charge on any atom is -0.344 e. The number of nitrogens with one attached hydrogen (secondary N) is 1. The maximum atomic E-state index is 12.6. The first-order valence-corrected chi connectivity index (χ1v) is 8.38. The number of nitrogens with two attached hydrogens (primary N) is 1. The molecule has 0 aliphatic heterocycles. The Hall–Kier alpha value is -1.72. The van der Waals surface area contributed by atoms with E-state index in [1.165, 1.54) is 0 Å². The van der Waals surface area contributed by atoms with Crippen LogP contribution < -0.4 is 11.1 Å². The maximum Gasteiger partial charge on any atom is 0.225 e. The first kappa shape index (κ1) is 16.6. The van der Waals surface area contributed by atoms with E-state index in [0.717, 1.165) is 17.0 Å². The standard InChI is InChI=1S/C17H23N3OS/c1-4-17(3,16-19-10-11-22-16)20-15(21)12(2)14(18)13-8-6-5-7-9-13/h5-12,14H,4,18H2,1-3H3,(H,20,21). The van der Waals surface area contributed by atoms with Gasteiger partial charge in [-0.3, -0.25) is 4.79 Å². The highest BCUT2D eigenvalue weighted by atomic mass is 32.1. The monoisotopic (exact) mass is 317 g/mol. The molecule has 3 N–H and O–H groups in total. The molecule has 3 unspecified atom stereocenters. The third kappa shape index (κ3) is 3.54. The molecule has 0 saturated heterocycles. The number of hydrogen-bond donors (Lipinski definition) is 2. The maximum absolute atomic E-state index is 12.6. The summed E-state index contributed by atoms with van der Waals surface area (Å²) in [5, 5.41) is 5.97. The van der Waals surface area contributed by atoms with Gasteiger partial charge in [0.1, 0.15) is 5.01 Å². The number of benzene rings is 1. The van der Waals surface area contributed by atoms with Crippen LogP contribution in [0, 0.1) is 5.92 Å². The molecular formula is C17H23N3OS. The van der Waals surface area contributed by atoms with Crippen LogP contribution in [0.5, 0.6) is 0 Å². The Morgan fingerprint density at radius 2 is 2.09 bits per heavy atom. The van der Waals surface area contributed by atoms with Crippen molar-refractivity contribution in [3.05, 3.63) is 52.5 Å². The minimum absolute atomic E-state index is 0.0455. The second-order valence-corrected chi connectivity index (χ2v) is 6.63. The predicted molar refractivity (Wildman–Crippen MR) is 90.4 cm³/mol. The average Bonchev–Trinajstić information content (AvgIpc) is 3.09. The Morgan fingerprint density at radius 1 is 1.41 bits per heavy atom. The van der Waals surface area contributed by atoms with E-state index < -0.39 is 5.54 Å². The van der Waals surface area contributed by atoms with Crippen molar-refractivity contribution >= 4 is 17.2 Å². The lowest BCUT2D eigenvalue weighted by Gasteiger charge is -2.30. The van der Waals surface area contributed by atoms with E-state index in [0.29, 0.717) is 0 Å². The molecule has 1 heterocycles. The quantitative estimate of drug-likeness (QED) is 0.859. The lowest BCUT2D eigenvalue weighted by atomic mass is 9.92. The molecule has 0 radical (unpaired) electrons. The molecule has 5 heteroatoms. The van der Waals surface area contributed by atoms with Gasteiger partial charge in [-0.1, -0.05) is 44.2 Å². The predicted octanol–water partition coefficient (Wildman–Crippen LogP) is 3.22. The van der Waals surface area contributed by atoms with Crippen LogP contribution in [0.25, 0.3) is 0 Å². The molecule has 3 atom stereocenters. The molecule has 0 bridgehead atoms. The van der Waals surface area contributed by atoms with Crippen molar-refractivity contribution in [2.24, 2.45) is 11.7 Å². The lowest BCUT2D eigenvalue weighted by Crippen LogP contribution is -2.47. The van der Waals surface area contributed by atoms with Gasteiger partial charge in [0.15, 0.2) is 0 Å². The van der Waals surface area contributed by atoms with Crippen molar-refractivity contribution in [1.82, 2.24) is 10.3 Å². The number of carbonyl (C=O) groups is 1. The molecule has 1 aromatic carbocycles. The van der Waals surface area contributed by atoms with Crippen LogP contribution in [0.2, 0.25) is 0 Å². The summed E-state index contributed by atoms with van der Waals surface area (Å²) in [5.74, 6) is -0.357. The highest BCUT2D eigenvalue weighted by Gasteiger charge is 2.32. The Kier molecular flexibility index (Phi) is 5.32. The van der Waals surface area contributed by atoms with Crippen molar-refractivity contribution in [3.63, 3.8) is 0 Å². The lowest BCUT2D eigenvalue weighted by molar-refractivity contribution is -0.127. The Bertz CT molecular complexity index is 600. The molecule has 1 aromatic heterocycles. The topological polar surface area (TPSA) is 68.0 Å². The molecule has 2 aromatic rings. The summed E-state index contributed by atoms with van der Waals surface area (Å²) in [6, 6.07) is 9.40. The molecule has 1 amide bonds. The second kappa shape index (κ2) is 7.03. The molecule has 118 valence electrons. The van der Waals surface area contributed by atoms with Crippen LogP contribution in [0.3, 0.4) is 0 Å². The van der Waals surface area contributed by atoms with Gasteiger partial charge in [-0.2, -0.15) is 0 Å². The van der Waals surface area contributed by atoms with Crippen LogP contribution in [-0.2, 0) is 10.3 Å². The van der Waals surface area contributed by atoms with E-state index in [4.69, 9.17) is 5.73 Å². The van der Waals surface area contributed by atoms with Gasteiger partial charge >= 0.3 is 0 Å². The number of aromatic nitrogens is 1. The van der Waals surface area contributed by atoms with Crippen molar-refractivity contribution in [2.45, 2.75) is 38.8 Å². The molecular weight excluding hydrogens is 294 g/mol. The summed E-state index contributed by atoms with van der Waals surface area (Å²) >= 11 is 1.56. The zero-order chi connectivity index (χ0) is 16.2. The van der Waals surface area contributed by atoms with Gasteiger partial charge in [-0.05, 0) is 18.9 Å². The molecule has 0 aliphatic carbocycles. The van der Waals surface area contributed by atoms with Gasteiger partial charge in [0.25, 0.3) is 0 Å². The first-order chi connectivity index (χ1) is 10.5. The summed E-state index contributed by atoms with van der Waals surface area (Å²) in [6.45, 7) is 5.92. The molecule has 0 fully saturated rings. The fourth-order valence-electron chi connectivity index (χ4n) is 2.30. The van der Waals surface area contributed by atoms with Crippen molar-refractivity contribution in [3.8, 4) is 0 Å². The van der Waals surface area contributed by atoms with Gasteiger partial charge in [0.05, 0.1) is 11.5 Å². The summed E-state index contributed by atoms with van der Waals surface area (Å²) in [7, 11) is 0. The molecule has 4 nitrogen and oxygen atoms in total. The molecule has 0 aliphatic rings. The van der Waals surface area contributed by atoms with Crippen LogP contribution >= 0.6 is 11.3 Å². The van der Waals surface area contributed by atoms with Crippen LogP contribution in [-0.4, -0.2) is 10.9 Å². The number of nitrogens with zero attached hydrogens (tertiary/aromatic N) is 1. The van der Waals surface area contributed by atoms with Crippen molar-refractivity contribution in [1.29, 1.82) is 0 Å². The average molecular weight is 317 g/mol. The van der Waals surface area contributed by atoms with E-state index in [1.54, 1.807) is 17.5 Å².